The molecule has 0 spiro atoms. The molecule has 1 fully saturated rings. The van der Waals surface area contributed by atoms with Crippen LogP contribution in [0.5, 0.6) is 5.88 Å². The van der Waals surface area contributed by atoms with E-state index < -0.39 is 0 Å². The molecule has 0 atom stereocenters. The molecule has 0 radical (unpaired) electrons. The van der Waals surface area contributed by atoms with Gasteiger partial charge in [-0.25, -0.2) is 9.97 Å². The van der Waals surface area contributed by atoms with Crippen LogP contribution in [0.2, 0.25) is 0 Å². The number of hydrogen-bond acceptors (Lipinski definition) is 7. The van der Waals surface area contributed by atoms with E-state index in [1.165, 1.54) is 17.8 Å². The van der Waals surface area contributed by atoms with Gasteiger partial charge in [0.25, 0.3) is 5.91 Å². The second kappa shape index (κ2) is 9.35. The van der Waals surface area contributed by atoms with Crippen molar-refractivity contribution in [1.29, 1.82) is 0 Å². The zero-order valence-corrected chi connectivity index (χ0v) is 20.2. The number of nitrogens with two attached hydrogens (primary N) is 1. The minimum atomic E-state index is -0.219. The predicted octanol–water partition coefficient (Wildman–Crippen LogP) is 5.97. The highest BCUT2D eigenvalue weighted by Gasteiger charge is 2.21. The van der Waals surface area contributed by atoms with Gasteiger partial charge in [-0.1, -0.05) is 29.5 Å². The summed E-state index contributed by atoms with van der Waals surface area (Å²) in [5, 5.41) is 6.90. The van der Waals surface area contributed by atoms with Crippen LogP contribution in [0.25, 0.3) is 16.2 Å². The van der Waals surface area contributed by atoms with Crippen molar-refractivity contribution in [2.24, 2.45) is 0 Å². The zero-order chi connectivity index (χ0) is 24.5. The van der Waals surface area contributed by atoms with Crippen molar-refractivity contribution < 1.29 is 9.53 Å². The number of carbonyl (C=O) groups excluding carboxylic acids is 1. The highest BCUT2D eigenvalue weighted by atomic mass is 32.1. The minimum absolute atomic E-state index is 0.219. The van der Waals surface area contributed by atoms with Crippen LogP contribution in [0.1, 0.15) is 29.6 Å². The van der Waals surface area contributed by atoms with Gasteiger partial charge in [0.2, 0.25) is 0 Å². The number of amides is 1. The predicted molar refractivity (Wildman–Crippen MR) is 143 cm³/mol. The van der Waals surface area contributed by atoms with Gasteiger partial charge in [0.1, 0.15) is 11.8 Å². The number of para-hydroxylation sites is 2. The quantitative estimate of drug-likeness (QED) is 0.240. The van der Waals surface area contributed by atoms with Gasteiger partial charge < -0.3 is 21.1 Å². The van der Waals surface area contributed by atoms with E-state index in [0.717, 1.165) is 45.8 Å². The van der Waals surface area contributed by atoms with Crippen molar-refractivity contribution in [3.05, 3.63) is 84.7 Å². The molecule has 5 aromatic rings. The normalized spacial score (nSPS) is 13.3. The molecule has 8 nitrogen and oxygen atoms in total. The Hall–Kier alpha value is -4.37. The summed E-state index contributed by atoms with van der Waals surface area (Å²) in [5.41, 5.74) is 10.2. The van der Waals surface area contributed by atoms with E-state index in [1.807, 2.05) is 59.3 Å². The average molecular weight is 497 g/mol. The smallest absolute Gasteiger partial charge is 0.255 e. The summed E-state index contributed by atoms with van der Waals surface area (Å²) in [7, 11) is 0. The third kappa shape index (κ3) is 4.36. The summed E-state index contributed by atoms with van der Waals surface area (Å²) in [6.45, 7) is 0. The summed E-state index contributed by atoms with van der Waals surface area (Å²) in [6.07, 6.45) is 7.37. The first-order chi connectivity index (χ1) is 17.6. The number of nitrogens with zero attached hydrogens (tertiary/aromatic N) is 3. The molecule has 180 valence electrons. The number of hydrogen-bond donors (Lipinski definition) is 3. The Morgan fingerprint density at radius 3 is 2.61 bits per heavy atom. The third-order valence-electron chi connectivity index (χ3n) is 6.20. The Labute approximate surface area is 211 Å². The maximum absolute atomic E-state index is 12.6. The van der Waals surface area contributed by atoms with Crippen LogP contribution in [0.4, 0.5) is 22.2 Å². The number of imidazole rings is 1. The fourth-order valence-electron chi connectivity index (χ4n) is 4.02. The summed E-state index contributed by atoms with van der Waals surface area (Å²) >= 11 is 1.53. The molecule has 6 rings (SSSR count). The zero-order valence-electron chi connectivity index (χ0n) is 19.3. The van der Waals surface area contributed by atoms with Crippen molar-refractivity contribution in [2.75, 3.05) is 16.4 Å². The monoisotopic (exact) mass is 496 g/mol. The van der Waals surface area contributed by atoms with Crippen molar-refractivity contribution in [3.63, 3.8) is 0 Å². The van der Waals surface area contributed by atoms with Crippen LogP contribution in [0, 0.1) is 0 Å². The van der Waals surface area contributed by atoms with Gasteiger partial charge in [0, 0.05) is 17.4 Å². The largest absolute Gasteiger partial charge is 0.475 e. The highest BCUT2D eigenvalue weighted by molar-refractivity contribution is 7.18. The number of pyridine rings is 1. The number of nitrogen functional groups attached to an aromatic ring is 1. The number of thiazole rings is 1. The number of anilines is 4. The van der Waals surface area contributed by atoms with Crippen molar-refractivity contribution in [3.8, 4) is 16.5 Å². The fraction of sp³-hybridized carbons (Fsp3) is 0.148. The Bertz CT molecular complexity index is 1540. The number of rotatable bonds is 7. The maximum Gasteiger partial charge on any atom is 0.255 e. The lowest BCUT2D eigenvalue weighted by Gasteiger charge is -2.26. The van der Waals surface area contributed by atoms with Gasteiger partial charge in [-0.05, 0) is 67.8 Å². The van der Waals surface area contributed by atoms with E-state index in [1.54, 1.807) is 24.3 Å². The van der Waals surface area contributed by atoms with Gasteiger partial charge in [-0.3, -0.25) is 9.20 Å². The van der Waals surface area contributed by atoms with Gasteiger partial charge >= 0.3 is 0 Å². The minimum Gasteiger partial charge on any atom is -0.475 e. The Balaban J connectivity index is 1.17. The molecule has 0 unspecified atom stereocenters. The van der Waals surface area contributed by atoms with Gasteiger partial charge in [-0.2, -0.15) is 0 Å². The Morgan fingerprint density at radius 2 is 1.83 bits per heavy atom. The molecule has 0 bridgehead atoms. The first kappa shape index (κ1) is 22.1. The summed E-state index contributed by atoms with van der Waals surface area (Å²) in [5.74, 6) is 0.585. The number of aromatic nitrogens is 3. The molecule has 0 saturated heterocycles. The van der Waals surface area contributed by atoms with Gasteiger partial charge in [-0.15, -0.1) is 0 Å². The Morgan fingerprint density at radius 1 is 1.00 bits per heavy atom. The van der Waals surface area contributed by atoms with Crippen LogP contribution in [0.3, 0.4) is 0 Å². The molecule has 3 heterocycles. The van der Waals surface area contributed by atoms with E-state index in [-0.39, 0.29) is 12.0 Å². The van der Waals surface area contributed by atoms with E-state index in [4.69, 9.17) is 10.5 Å². The second-order valence-corrected chi connectivity index (χ2v) is 9.68. The van der Waals surface area contributed by atoms with Crippen LogP contribution in [0.15, 0.2) is 79.1 Å². The van der Waals surface area contributed by atoms with Crippen molar-refractivity contribution in [1.82, 2.24) is 14.4 Å². The molecular formula is C27H24N6O2S. The summed E-state index contributed by atoms with van der Waals surface area (Å²) < 4.78 is 8.26. The fourth-order valence-corrected chi connectivity index (χ4v) is 4.85. The van der Waals surface area contributed by atoms with Crippen LogP contribution in [-0.2, 0) is 0 Å². The van der Waals surface area contributed by atoms with Crippen molar-refractivity contribution in [2.45, 2.75) is 25.4 Å². The Kier molecular flexibility index (Phi) is 5.74. The van der Waals surface area contributed by atoms with Gasteiger partial charge in [0.15, 0.2) is 11.0 Å². The lowest BCUT2D eigenvalue weighted by atomic mass is 9.96. The molecule has 1 aliphatic carbocycles. The summed E-state index contributed by atoms with van der Waals surface area (Å²) in [6, 6.07) is 20.3. The lowest BCUT2D eigenvalue weighted by Crippen LogP contribution is -2.25. The summed E-state index contributed by atoms with van der Waals surface area (Å²) in [4.78, 5) is 22.7. The molecule has 1 amide bonds. The molecule has 0 aliphatic heterocycles. The number of benzene rings is 2. The third-order valence-corrected chi connectivity index (χ3v) is 7.13. The van der Waals surface area contributed by atoms with E-state index in [0.29, 0.717) is 16.9 Å². The number of nitrogens with one attached hydrogen (secondary N) is 2. The van der Waals surface area contributed by atoms with Crippen LogP contribution in [-0.4, -0.2) is 26.4 Å². The van der Waals surface area contributed by atoms with Crippen LogP contribution < -0.4 is 21.1 Å². The van der Waals surface area contributed by atoms with E-state index in [2.05, 4.69) is 20.6 Å². The second-order valence-electron chi connectivity index (χ2n) is 8.65. The molecule has 1 saturated carbocycles. The van der Waals surface area contributed by atoms with Crippen molar-refractivity contribution >= 4 is 45.1 Å². The standard InChI is InChI=1S/C27H24N6O2S/c28-20-7-1-2-8-21(20)32-26(34)17-11-13-18(14-12-17)31-27-30-16-23(36-27)22-15-29-24-9-4-10-25(33(22)24)35-19-5-3-6-19/h1-2,4,7-16,19H,3,5-6,28H2,(H,30,31)(H,32,34). The SMILES string of the molecule is Nc1ccccc1NC(=O)c1ccc(Nc2ncc(-c3cnc4cccc(OC5CCC5)n34)s2)cc1. The molecule has 4 N–H and O–H groups in total. The topological polar surface area (TPSA) is 107 Å². The first-order valence-corrected chi connectivity index (χ1v) is 12.6. The number of ether oxygens (including phenoxy) is 1. The molecule has 1 aliphatic rings. The molecule has 36 heavy (non-hydrogen) atoms. The average Bonchev–Trinajstić information content (AvgIpc) is 3.50. The number of carbonyl (C=O) groups is 1. The molecule has 2 aromatic carbocycles. The molecular weight excluding hydrogens is 472 g/mol. The van der Waals surface area contributed by atoms with E-state index >= 15 is 0 Å². The number of fused-ring (bicyclic) bond motifs is 1. The van der Waals surface area contributed by atoms with Crippen LogP contribution >= 0.6 is 11.3 Å². The highest BCUT2D eigenvalue weighted by Crippen LogP contribution is 2.34. The van der Waals surface area contributed by atoms with E-state index in [9.17, 15) is 4.79 Å². The lowest BCUT2D eigenvalue weighted by molar-refractivity contribution is 0.102. The molecule has 3 aromatic heterocycles. The maximum atomic E-state index is 12.6. The first-order valence-electron chi connectivity index (χ1n) is 11.8. The molecule has 9 heteroatoms. The van der Waals surface area contributed by atoms with Gasteiger partial charge in [0.05, 0.1) is 28.1 Å².